The number of carboxylic acids is 1. The number of allylic oxidation sites excluding steroid dienone is 1. The summed E-state index contributed by atoms with van der Waals surface area (Å²) in [6.45, 7) is 3.23. The van der Waals surface area contributed by atoms with Crippen molar-refractivity contribution in [2.45, 2.75) is 6.42 Å². The van der Waals surface area contributed by atoms with Gasteiger partial charge < -0.3 is 14.6 Å². The third-order valence-corrected chi connectivity index (χ3v) is 3.27. The molecule has 0 atom stereocenters. The number of benzene rings is 2. The number of halogens is 1. The van der Waals surface area contributed by atoms with Gasteiger partial charge in [0, 0.05) is 11.8 Å². The summed E-state index contributed by atoms with van der Waals surface area (Å²) in [5.74, 6) is -0.632. The van der Waals surface area contributed by atoms with Gasteiger partial charge >= 0.3 is 5.97 Å². The van der Waals surface area contributed by atoms with Crippen molar-refractivity contribution in [3.05, 3.63) is 66.0 Å². The second-order valence-electron chi connectivity index (χ2n) is 5.12. The van der Waals surface area contributed by atoms with Crippen LogP contribution in [0.3, 0.4) is 0 Å². The fourth-order valence-electron chi connectivity index (χ4n) is 2.19. The molecular weight excluding hydrogens is 325 g/mol. The summed E-state index contributed by atoms with van der Waals surface area (Å²) in [4.78, 5) is 15.0. The highest BCUT2D eigenvalue weighted by Crippen LogP contribution is 2.33. The Morgan fingerprint density at radius 3 is 2.64 bits per heavy atom. The lowest BCUT2D eigenvalue weighted by molar-refractivity contribution is -0.139. The molecule has 0 saturated heterocycles. The van der Waals surface area contributed by atoms with E-state index in [1.807, 2.05) is 6.07 Å². The number of nitrogens with zero attached hydrogens (tertiary/aromatic N) is 1. The summed E-state index contributed by atoms with van der Waals surface area (Å²) in [7, 11) is 1.47. The molecule has 0 unspecified atom stereocenters. The highest BCUT2D eigenvalue weighted by molar-refractivity contribution is 5.84. The van der Waals surface area contributed by atoms with Crippen molar-refractivity contribution in [2.24, 2.45) is 4.99 Å². The van der Waals surface area contributed by atoms with Gasteiger partial charge in [0.15, 0.2) is 18.1 Å². The van der Waals surface area contributed by atoms with Gasteiger partial charge in [-0.25, -0.2) is 9.18 Å². The van der Waals surface area contributed by atoms with E-state index in [-0.39, 0.29) is 5.82 Å². The molecule has 0 saturated carbocycles. The molecular formula is C19H18FNO4. The van der Waals surface area contributed by atoms with E-state index in [2.05, 4.69) is 11.6 Å². The Labute approximate surface area is 145 Å². The molecule has 0 bridgehead atoms. The highest BCUT2D eigenvalue weighted by Gasteiger charge is 2.13. The van der Waals surface area contributed by atoms with Gasteiger partial charge in [-0.1, -0.05) is 6.08 Å². The summed E-state index contributed by atoms with van der Waals surface area (Å²) in [5.41, 5.74) is 2.08. The maximum atomic E-state index is 12.9. The molecule has 6 heteroatoms. The van der Waals surface area contributed by atoms with Crippen molar-refractivity contribution in [2.75, 3.05) is 13.7 Å². The first kappa shape index (κ1) is 18.2. The van der Waals surface area contributed by atoms with Gasteiger partial charge in [-0.05, 0) is 48.4 Å². The Bertz CT molecular complexity index is 785. The lowest BCUT2D eigenvalue weighted by atomic mass is 10.1. The largest absolute Gasteiger partial charge is 0.493 e. The van der Waals surface area contributed by atoms with Crippen LogP contribution in [-0.2, 0) is 11.2 Å². The van der Waals surface area contributed by atoms with Crippen molar-refractivity contribution in [1.29, 1.82) is 0 Å². The monoisotopic (exact) mass is 343 g/mol. The zero-order valence-corrected chi connectivity index (χ0v) is 13.7. The minimum Gasteiger partial charge on any atom is -0.493 e. The van der Waals surface area contributed by atoms with Gasteiger partial charge in [0.25, 0.3) is 0 Å². The second kappa shape index (κ2) is 8.63. The fraction of sp³-hybridized carbons (Fsp3) is 0.158. The number of hydrogen-bond acceptors (Lipinski definition) is 4. The van der Waals surface area contributed by atoms with Crippen LogP contribution in [0.5, 0.6) is 11.5 Å². The topological polar surface area (TPSA) is 68.1 Å². The van der Waals surface area contributed by atoms with Crippen molar-refractivity contribution in [3.8, 4) is 11.5 Å². The van der Waals surface area contributed by atoms with Crippen LogP contribution in [0.25, 0.3) is 0 Å². The zero-order chi connectivity index (χ0) is 18.2. The molecule has 0 fully saturated rings. The molecule has 0 radical (unpaired) electrons. The quantitative estimate of drug-likeness (QED) is 0.585. The predicted molar refractivity (Wildman–Crippen MR) is 93.7 cm³/mol. The minimum absolute atomic E-state index is 0.325. The van der Waals surface area contributed by atoms with Crippen molar-refractivity contribution in [3.63, 3.8) is 0 Å². The van der Waals surface area contributed by atoms with Crippen molar-refractivity contribution in [1.82, 2.24) is 0 Å². The SMILES string of the molecule is C=CCc1cc(C=Nc2ccc(F)cc2)cc(OC)c1OCC(=O)O. The van der Waals surface area contributed by atoms with Gasteiger partial charge in [0.1, 0.15) is 5.82 Å². The van der Waals surface area contributed by atoms with Crippen LogP contribution in [0, 0.1) is 5.82 Å². The van der Waals surface area contributed by atoms with E-state index in [1.165, 1.54) is 19.2 Å². The first-order chi connectivity index (χ1) is 12.0. The van der Waals surface area contributed by atoms with E-state index in [9.17, 15) is 9.18 Å². The lowest BCUT2D eigenvalue weighted by Crippen LogP contribution is -2.11. The van der Waals surface area contributed by atoms with Crippen LogP contribution in [0.2, 0.25) is 0 Å². The molecule has 2 aromatic carbocycles. The maximum absolute atomic E-state index is 12.9. The maximum Gasteiger partial charge on any atom is 0.341 e. The molecule has 0 spiro atoms. The number of aliphatic carboxylic acids is 1. The number of ether oxygens (including phenoxy) is 2. The van der Waals surface area contributed by atoms with Crippen LogP contribution in [0.15, 0.2) is 54.0 Å². The van der Waals surface area contributed by atoms with E-state index < -0.39 is 12.6 Å². The molecule has 130 valence electrons. The Kier molecular flexibility index (Phi) is 6.28. The van der Waals surface area contributed by atoms with Crippen LogP contribution in [0.1, 0.15) is 11.1 Å². The van der Waals surface area contributed by atoms with E-state index in [1.54, 1.807) is 30.5 Å². The van der Waals surface area contributed by atoms with Crippen molar-refractivity contribution < 1.29 is 23.8 Å². The number of hydrogen-bond donors (Lipinski definition) is 1. The summed E-state index contributed by atoms with van der Waals surface area (Å²) in [6, 6.07) is 9.31. The van der Waals surface area contributed by atoms with E-state index >= 15 is 0 Å². The van der Waals surface area contributed by atoms with Gasteiger partial charge in [-0.15, -0.1) is 6.58 Å². The normalized spacial score (nSPS) is 10.6. The molecule has 0 aliphatic carbocycles. The number of carbonyl (C=O) groups is 1. The molecule has 0 heterocycles. The Balaban J connectivity index is 2.35. The summed E-state index contributed by atoms with van der Waals surface area (Å²) in [6.07, 6.45) is 3.77. The van der Waals surface area contributed by atoms with Gasteiger partial charge in [0.05, 0.1) is 12.8 Å². The van der Waals surface area contributed by atoms with E-state index in [4.69, 9.17) is 14.6 Å². The lowest BCUT2D eigenvalue weighted by Gasteiger charge is -2.14. The third-order valence-electron chi connectivity index (χ3n) is 3.27. The van der Waals surface area contributed by atoms with Crippen LogP contribution in [-0.4, -0.2) is 31.0 Å². The fourth-order valence-corrected chi connectivity index (χ4v) is 2.19. The summed E-state index contributed by atoms with van der Waals surface area (Å²) >= 11 is 0. The molecule has 2 aromatic rings. The molecule has 0 amide bonds. The highest BCUT2D eigenvalue weighted by atomic mass is 19.1. The first-order valence-corrected chi connectivity index (χ1v) is 7.49. The summed E-state index contributed by atoms with van der Waals surface area (Å²) in [5, 5.41) is 8.81. The molecule has 0 aliphatic heterocycles. The predicted octanol–water partition coefficient (Wildman–Crippen LogP) is 3.78. The number of rotatable bonds is 8. The average Bonchev–Trinajstić information content (AvgIpc) is 2.60. The van der Waals surface area contributed by atoms with Gasteiger partial charge in [-0.2, -0.15) is 0 Å². The average molecular weight is 343 g/mol. The van der Waals surface area contributed by atoms with E-state index in [0.717, 1.165) is 11.1 Å². The number of aliphatic imine (C=N–C) groups is 1. The third kappa shape index (κ3) is 5.17. The standard InChI is InChI=1S/C19H18FNO4/c1-3-4-14-9-13(11-21-16-7-5-15(20)6-8-16)10-17(24-2)19(14)25-12-18(22)23/h3,5-11H,1,4,12H2,2H3,(H,22,23). The molecule has 2 rings (SSSR count). The molecule has 0 aliphatic rings. The zero-order valence-electron chi connectivity index (χ0n) is 13.7. The minimum atomic E-state index is -1.08. The van der Waals surface area contributed by atoms with Crippen LogP contribution in [0.4, 0.5) is 10.1 Å². The second-order valence-corrected chi connectivity index (χ2v) is 5.12. The Hall–Kier alpha value is -3.15. The van der Waals surface area contributed by atoms with E-state index in [0.29, 0.717) is 23.6 Å². The summed E-state index contributed by atoms with van der Waals surface area (Å²) < 4.78 is 23.6. The van der Waals surface area contributed by atoms with Gasteiger partial charge in [0.2, 0.25) is 0 Å². The van der Waals surface area contributed by atoms with Crippen LogP contribution >= 0.6 is 0 Å². The molecule has 5 nitrogen and oxygen atoms in total. The molecule has 0 aromatic heterocycles. The van der Waals surface area contributed by atoms with Crippen molar-refractivity contribution >= 4 is 17.9 Å². The first-order valence-electron chi connectivity index (χ1n) is 7.49. The molecule has 1 N–H and O–H groups in total. The van der Waals surface area contributed by atoms with Crippen LogP contribution < -0.4 is 9.47 Å². The number of methoxy groups -OCH3 is 1. The Morgan fingerprint density at radius 1 is 1.32 bits per heavy atom. The van der Waals surface area contributed by atoms with Gasteiger partial charge in [-0.3, -0.25) is 4.99 Å². The Morgan fingerprint density at radius 2 is 2.04 bits per heavy atom. The molecule has 25 heavy (non-hydrogen) atoms. The number of carboxylic acid groups (broad SMARTS) is 1. The smallest absolute Gasteiger partial charge is 0.341 e.